The Morgan fingerprint density at radius 3 is 2.33 bits per heavy atom. The molecule has 3 N–H and O–H groups in total. The Bertz CT molecular complexity index is 276. The molecule has 1 unspecified atom stereocenters. The van der Waals surface area contributed by atoms with Crippen molar-refractivity contribution in [2.24, 2.45) is 11.7 Å². The van der Waals surface area contributed by atoms with Gasteiger partial charge >= 0.3 is 6.09 Å². The van der Waals surface area contributed by atoms with Crippen LogP contribution in [0.2, 0.25) is 0 Å². The van der Waals surface area contributed by atoms with Gasteiger partial charge in [0.2, 0.25) is 0 Å². The number of hydrogen-bond acceptors (Lipinski definition) is 3. The molecule has 0 heterocycles. The lowest BCUT2D eigenvalue weighted by molar-refractivity contribution is 0.0513. The van der Waals surface area contributed by atoms with Crippen molar-refractivity contribution in [1.82, 2.24) is 5.32 Å². The highest BCUT2D eigenvalue weighted by Gasteiger charge is 2.27. The molecule has 1 aliphatic rings. The Morgan fingerprint density at radius 2 is 1.83 bits per heavy atom. The first-order valence-electron chi connectivity index (χ1n) is 6.94. The Kier molecular flexibility index (Phi) is 5.02. The number of nitrogens with two attached hydrogens (primary N) is 1. The number of rotatable bonds is 4. The molecule has 1 atom stereocenters. The van der Waals surface area contributed by atoms with E-state index in [1.54, 1.807) is 0 Å². The maximum Gasteiger partial charge on any atom is 0.407 e. The van der Waals surface area contributed by atoms with Gasteiger partial charge in [-0.25, -0.2) is 4.79 Å². The average molecular weight is 256 g/mol. The molecule has 106 valence electrons. The summed E-state index contributed by atoms with van der Waals surface area (Å²) in [6.45, 7) is 8.04. The zero-order chi connectivity index (χ0) is 13.8. The first-order chi connectivity index (χ1) is 8.18. The van der Waals surface area contributed by atoms with Gasteiger partial charge in [0.25, 0.3) is 0 Å². The van der Waals surface area contributed by atoms with E-state index in [4.69, 9.17) is 10.5 Å². The minimum atomic E-state index is -0.458. The van der Waals surface area contributed by atoms with Crippen LogP contribution in [0.3, 0.4) is 0 Å². The molecule has 1 rings (SSSR count). The molecule has 0 aromatic rings. The molecule has 0 aromatic carbocycles. The van der Waals surface area contributed by atoms with Crippen LogP contribution < -0.4 is 11.1 Å². The maximum atomic E-state index is 11.6. The van der Waals surface area contributed by atoms with Crippen molar-refractivity contribution in [1.29, 1.82) is 0 Å². The predicted molar refractivity (Wildman–Crippen MR) is 73.4 cm³/mol. The van der Waals surface area contributed by atoms with Gasteiger partial charge in [-0.15, -0.1) is 0 Å². The number of hydrogen-bond donors (Lipinski definition) is 2. The fourth-order valence-corrected chi connectivity index (χ4v) is 2.53. The topological polar surface area (TPSA) is 64.3 Å². The molecule has 1 fully saturated rings. The summed E-state index contributed by atoms with van der Waals surface area (Å²) in [4.78, 5) is 11.6. The second-order valence-corrected chi connectivity index (χ2v) is 6.86. The first kappa shape index (κ1) is 15.3. The third kappa shape index (κ3) is 6.24. The third-order valence-corrected chi connectivity index (χ3v) is 3.27. The molecule has 0 bridgehead atoms. The van der Waals surface area contributed by atoms with E-state index in [1.807, 2.05) is 27.7 Å². The van der Waals surface area contributed by atoms with Crippen molar-refractivity contribution >= 4 is 6.09 Å². The quantitative estimate of drug-likeness (QED) is 0.813. The van der Waals surface area contributed by atoms with Gasteiger partial charge in [-0.2, -0.15) is 0 Å². The van der Waals surface area contributed by atoms with Gasteiger partial charge in [-0.1, -0.05) is 25.7 Å². The number of alkyl carbamates (subject to hydrolysis) is 1. The minimum absolute atomic E-state index is 0.341. The lowest BCUT2D eigenvalue weighted by Crippen LogP contribution is -2.49. The molecule has 0 spiro atoms. The number of amides is 1. The molecule has 4 heteroatoms. The SMILES string of the molecule is CC(N)(CNC(=O)OC(C)(C)C)CC1CCCC1. The van der Waals surface area contributed by atoms with Gasteiger partial charge in [0.15, 0.2) is 0 Å². The molecular weight excluding hydrogens is 228 g/mol. The van der Waals surface area contributed by atoms with Crippen molar-refractivity contribution in [2.75, 3.05) is 6.54 Å². The Hall–Kier alpha value is -0.770. The molecule has 0 aliphatic heterocycles. The molecule has 1 aliphatic carbocycles. The first-order valence-corrected chi connectivity index (χ1v) is 6.94. The summed E-state index contributed by atoms with van der Waals surface area (Å²) < 4.78 is 5.20. The summed E-state index contributed by atoms with van der Waals surface area (Å²) in [5.41, 5.74) is 5.44. The summed E-state index contributed by atoms with van der Waals surface area (Å²) in [5.74, 6) is 0.723. The lowest BCUT2D eigenvalue weighted by atomic mass is 9.89. The van der Waals surface area contributed by atoms with Gasteiger partial charge in [0.1, 0.15) is 5.60 Å². The largest absolute Gasteiger partial charge is 0.444 e. The minimum Gasteiger partial charge on any atom is -0.444 e. The summed E-state index contributed by atoms with van der Waals surface area (Å²) in [7, 11) is 0. The molecule has 0 saturated heterocycles. The van der Waals surface area contributed by atoms with Gasteiger partial charge < -0.3 is 15.8 Å². The molecule has 1 saturated carbocycles. The highest BCUT2D eigenvalue weighted by molar-refractivity contribution is 5.67. The number of carbonyl (C=O) groups excluding carboxylic acids is 1. The van der Waals surface area contributed by atoms with E-state index in [1.165, 1.54) is 25.7 Å². The molecule has 1 amide bonds. The fraction of sp³-hybridized carbons (Fsp3) is 0.929. The van der Waals surface area contributed by atoms with Crippen LogP contribution >= 0.6 is 0 Å². The highest BCUT2D eigenvalue weighted by Crippen LogP contribution is 2.30. The number of carbonyl (C=O) groups is 1. The molecule has 0 aromatic heterocycles. The van der Waals surface area contributed by atoms with Crippen LogP contribution in [0.5, 0.6) is 0 Å². The monoisotopic (exact) mass is 256 g/mol. The van der Waals surface area contributed by atoms with Gasteiger partial charge in [-0.3, -0.25) is 0 Å². The normalized spacial score (nSPS) is 20.5. The Morgan fingerprint density at radius 1 is 1.28 bits per heavy atom. The van der Waals surface area contributed by atoms with E-state index in [9.17, 15) is 4.79 Å². The van der Waals surface area contributed by atoms with Crippen LogP contribution in [0.1, 0.15) is 59.8 Å². The zero-order valence-corrected chi connectivity index (χ0v) is 12.2. The zero-order valence-electron chi connectivity index (χ0n) is 12.2. The van der Waals surface area contributed by atoms with Gasteiger partial charge in [0.05, 0.1) is 0 Å². The highest BCUT2D eigenvalue weighted by atomic mass is 16.6. The van der Waals surface area contributed by atoms with E-state index < -0.39 is 5.60 Å². The van der Waals surface area contributed by atoms with E-state index >= 15 is 0 Å². The summed E-state index contributed by atoms with van der Waals surface area (Å²) in [6, 6.07) is 0. The molecule has 4 nitrogen and oxygen atoms in total. The van der Waals surface area contributed by atoms with E-state index in [2.05, 4.69) is 5.32 Å². The maximum absolute atomic E-state index is 11.6. The van der Waals surface area contributed by atoms with Crippen LogP contribution in [0.25, 0.3) is 0 Å². The summed E-state index contributed by atoms with van der Waals surface area (Å²) >= 11 is 0. The summed E-state index contributed by atoms with van der Waals surface area (Å²) in [5, 5.41) is 2.77. The second-order valence-electron chi connectivity index (χ2n) is 6.86. The van der Waals surface area contributed by atoms with Crippen LogP contribution in [-0.2, 0) is 4.74 Å². The van der Waals surface area contributed by atoms with E-state index in [0.717, 1.165) is 12.3 Å². The summed E-state index contributed by atoms with van der Waals surface area (Å²) in [6.07, 6.45) is 5.78. The van der Waals surface area contributed by atoms with Crippen molar-refractivity contribution < 1.29 is 9.53 Å². The van der Waals surface area contributed by atoms with Crippen LogP contribution in [0.4, 0.5) is 4.79 Å². The van der Waals surface area contributed by atoms with Crippen molar-refractivity contribution in [2.45, 2.75) is 70.9 Å². The average Bonchev–Trinajstić information content (AvgIpc) is 2.64. The Labute approximate surface area is 111 Å². The van der Waals surface area contributed by atoms with Crippen LogP contribution in [0.15, 0.2) is 0 Å². The molecule has 18 heavy (non-hydrogen) atoms. The van der Waals surface area contributed by atoms with Crippen molar-refractivity contribution in [3.8, 4) is 0 Å². The number of ether oxygens (including phenoxy) is 1. The van der Waals surface area contributed by atoms with Gasteiger partial charge in [0, 0.05) is 12.1 Å². The fourth-order valence-electron chi connectivity index (χ4n) is 2.53. The second kappa shape index (κ2) is 5.91. The van der Waals surface area contributed by atoms with Crippen LogP contribution in [-0.4, -0.2) is 23.8 Å². The van der Waals surface area contributed by atoms with Crippen molar-refractivity contribution in [3.05, 3.63) is 0 Å². The number of nitrogens with one attached hydrogen (secondary N) is 1. The van der Waals surface area contributed by atoms with Crippen LogP contribution in [0, 0.1) is 5.92 Å². The predicted octanol–water partition coefficient (Wildman–Crippen LogP) is 2.81. The van der Waals surface area contributed by atoms with E-state index in [-0.39, 0.29) is 11.6 Å². The van der Waals surface area contributed by atoms with E-state index in [0.29, 0.717) is 6.54 Å². The van der Waals surface area contributed by atoms with Crippen molar-refractivity contribution in [3.63, 3.8) is 0 Å². The lowest BCUT2D eigenvalue weighted by Gasteiger charge is -2.29. The Balaban J connectivity index is 2.29. The van der Waals surface area contributed by atoms with Gasteiger partial charge in [-0.05, 0) is 40.0 Å². The smallest absolute Gasteiger partial charge is 0.407 e. The third-order valence-electron chi connectivity index (χ3n) is 3.27. The molecular formula is C14H28N2O2. The molecule has 0 radical (unpaired) electrons. The standard InChI is InChI=1S/C14H28N2O2/c1-13(2,3)18-12(17)16-10-14(4,15)9-11-7-5-6-8-11/h11H,5-10,15H2,1-4H3,(H,16,17).